The first-order chi connectivity index (χ1) is 8.52. The SMILES string of the molecule is COC(=O)CCC1OB(O)c2cc(O)cc(C)c21. The molecule has 0 aliphatic carbocycles. The Morgan fingerprint density at radius 2 is 2.28 bits per heavy atom. The van der Waals surface area contributed by atoms with E-state index in [0.717, 1.165) is 11.1 Å². The highest BCUT2D eigenvalue weighted by Crippen LogP contribution is 2.32. The average Bonchev–Trinajstić information content (AvgIpc) is 2.63. The number of rotatable bonds is 3. The van der Waals surface area contributed by atoms with Crippen LogP contribution in [0.2, 0.25) is 0 Å². The van der Waals surface area contributed by atoms with Gasteiger partial charge in [0.2, 0.25) is 0 Å². The Labute approximate surface area is 105 Å². The fourth-order valence-electron chi connectivity index (χ4n) is 2.31. The Balaban J connectivity index is 2.22. The van der Waals surface area contributed by atoms with Gasteiger partial charge in [0.15, 0.2) is 0 Å². The predicted octanol–water partition coefficient (Wildman–Crippen LogP) is 0.413. The van der Waals surface area contributed by atoms with Gasteiger partial charge in [0, 0.05) is 6.42 Å². The lowest BCUT2D eigenvalue weighted by Gasteiger charge is -2.13. The number of carbonyl (C=O) groups is 1. The summed E-state index contributed by atoms with van der Waals surface area (Å²) in [5, 5.41) is 19.3. The summed E-state index contributed by atoms with van der Waals surface area (Å²) in [5.74, 6) is -0.208. The fraction of sp³-hybridized carbons (Fsp3) is 0.417. The molecular formula is C12H15BO5. The molecule has 1 unspecified atom stereocenters. The molecule has 6 heteroatoms. The minimum absolute atomic E-state index is 0.0996. The molecule has 1 aliphatic heterocycles. The van der Waals surface area contributed by atoms with Gasteiger partial charge in [-0.05, 0) is 42.1 Å². The predicted molar refractivity (Wildman–Crippen MR) is 65.5 cm³/mol. The highest BCUT2D eigenvalue weighted by molar-refractivity contribution is 6.61. The molecule has 0 radical (unpaired) electrons. The molecule has 0 fully saturated rings. The number of phenols is 1. The van der Waals surface area contributed by atoms with Crippen LogP contribution in [0, 0.1) is 6.92 Å². The molecule has 2 rings (SSSR count). The van der Waals surface area contributed by atoms with Crippen LogP contribution in [-0.2, 0) is 14.2 Å². The van der Waals surface area contributed by atoms with Crippen LogP contribution in [0.3, 0.4) is 0 Å². The van der Waals surface area contributed by atoms with E-state index >= 15 is 0 Å². The standard InChI is InChI=1S/C12H15BO5/c1-7-5-8(14)6-9-12(7)10(18-13(9)16)3-4-11(15)17-2/h5-6,10,14,16H,3-4H2,1-2H3. The van der Waals surface area contributed by atoms with Gasteiger partial charge in [0.25, 0.3) is 0 Å². The minimum atomic E-state index is -1.05. The molecule has 0 saturated heterocycles. The number of phenolic OH excluding ortho intramolecular Hbond substituents is 1. The lowest BCUT2D eigenvalue weighted by atomic mass is 9.77. The van der Waals surface area contributed by atoms with E-state index in [9.17, 15) is 14.9 Å². The van der Waals surface area contributed by atoms with E-state index in [2.05, 4.69) is 4.74 Å². The summed E-state index contributed by atoms with van der Waals surface area (Å²) in [6.07, 6.45) is 0.338. The summed E-state index contributed by atoms with van der Waals surface area (Å²) in [7, 11) is 0.289. The number of aryl methyl sites for hydroxylation is 1. The van der Waals surface area contributed by atoms with Crippen molar-refractivity contribution in [2.24, 2.45) is 0 Å². The van der Waals surface area contributed by atoms with Gasteiger partial charge in [-0.2, -0.15) is 0 Å². The number of esters is 1. The smallest absolute Gasteiger partial charge is 0.492 e. The van der Waals surface area contributed by atoms with Gasteiger partial charge < -0.3 is 19.5 Å². The van der Waals surface area contributed by atoms with Crippen LogP contribution in [0.5, 0.6) is 5.75 Å². The number of methoxy groups -OCH3 is 1. The molecule has 1 aromatic rings. The van der Waals surface area contributed by atoms with Crippen LogP contribution in [0.25, 0.3) is 0 Å². The van der Waals surface area contributed by atoms with Gasteiger partial charge in [-0.1, -0.05) is 0 Å². The number of carbonyl (C=O) groups excluding carboxylic acids is 1. The second kappa shape index (κ2) is 5.00. The van der Waals surface area contributed by atoms with Crippen molar-refractivity contribution in [3.63, 3.8) is 0 Å². The third-order valence-electron chi connectivity index (χ3n) is 3.12. The van der Waals surface area contributed by atoms with E-state index < -0.39 is 7.12 Å². The number of ether oxygens (including phenoxy) is 1. The van der Waals surface area contributed by atoms with Crippen molar-refractivity contribution < 1.29 is 24.3 Å². The fourth-order valence-corrected chi connectivity index (χ4v) is 2.31. The number of hydrogen-bond acceptors (Lipinski definition) is 5. The number of fused-ring (bicyclic) bond motifs is 1. The molecule has 1 aliphatic rings. The van der Waals surface area contributed by atoms with Crippen LogP contribution in [-0.4, -0.2) is 30.3 Å². The Hall–Kier alpha value is -1.53. The van der Waals surface area contributed by atoms with E-state index in [0.29, 0.717) is 11.9 Å². The summed E-state index contributed by atoms with van der Waals surface area (Å²) in [6, 6.07) is 3.11. The lowest BCUT2D eigenvalue weighted by molar-refractivity contribution is -0.141. The molecule has 18 heavy (non-hydrogen) atoms. The Morgan fingerprint density at radius 3 is 2.94 bits per heavy atom. The third kappa shape index (κ3) is 2.35. The van der Waals surface area contributed by atoms with Gasteiger partial charge in [-0.15, -0.1) is 0 Å². The molecule has 2 N–H and O–H groups in total. The van der Waals surface area contributed by atoms with E-state index in [-0.39, 0.29) is 24.2 Å². The van der Waals surface area contributed by atoms with E-state index in [4.69, 9.17) is 4.65 Å². The van der Waals surface area contributed by atoms with Crippen molar-refractivity contribution in [3.8, 4) is 5.75 Å². The normalized spacial score (nSPS) is 17.7. The second-order valence-corrected chi connectivity index (χ2v) is 4.36. The number of aromatic hydroxyl groups is 1. The van der Waals surface area contributed by atoms with Crippen LogP contribution in [0.15, 0.2) is 12.1 Å². The van der Waals surface area contributed by atoms with E-state index in [1.165, 1.54) is 13.2 Å². The Kier molecular flexibility index (Phi) is 3.59. The monoisotopic (exact) mass is 250 g/mol. The summed E-state index contributed by atoms with van der Waals surface area (Å²) in [5.41, 5.74) is 2.27. The van der Waals surface area contributed by atoms with Crippen molar-refractivity contribution in [3.05, 3.63) is 23.3 Å². The number of hydrogen-bond donors (Lipinski definition) is 2. The maximum Gasteiger partial charge on any atom is 0.492 e. The molecule has 1 aromatic carbocycles. The second-order valence-electron chi connectivity index (χ2n) is 4.36. The maximum absolute atomic E-state index is 11.1. The van der Waals surface area contributed by atoms with Crippen molar-refractivity contribution in [1.82, 2.24) is 0 Å². The summed E-state index contributed by atoms with van der Waals surface area (Å²) in [6.45, 7) is 1.84. The molecular weight excluding hydrogens is 235 g/mol. The molecule has 1 atom stereocenters. The van der Waals surface area contributed by atoms with Gasteiger partial charge in [-0.3, -0.25) is 4.79 Å². The van der Waals surface area contributed by atoms with Crippen molar-refractivity contribution >= 4 is 18.6 Å². The summed E-state index contributed by atoms with van der Waals surface area (Å²) in [4.78, 5) is 11.1. The largest absolute Gasteiger partial charge is 0.508 e. The van der Waals surface area contributed by atoms with Gasteiger partial charge in [0.05, 0.1) is 13.2 Å². The van der Waals surface area contributed by atoms with Crippen LogP contribution in [0.1, 0.15) is 30.1 Å². The molecule has 0 spiro atoms. The molecule has 0 aromatic heterocycles. The summed E-state index contributed by atoms with van der Waals surface area (Å²) >= 11 is 0. The quantitative estimate of drug-likeness (QED) is 0.600. The zero-order valence-electron chi connectivity index (χ0n) is 10.3. The number of benzene rings is 1. The molecule has 0 bridgehead atoms. The minimum Gasteiger partial charge on any atom is -0.508 e. The Bertz CT molecular complexity index is 474. The van der Waals surface area contributed by atoms with Crippen molar-refractivity contribution in [2.45, 2.75) is 25.9 Å². The zero-order valence-corrected chi connectivity index (χ0v) is 10.3. The highest BCUT2D eigenvalue weighted by Gasteiger charge is 2.36. The van der Waals surface area contributed by atoms with Gasteiger partial charge in [0.1, 0.15) is 5.75 Å². The van der Waals surface area contributed by atoms with Crippen LogP contribution >= 0.6 is 0 Å². The van der Waals surface area contributed by atoms with E-state index in [1.54, 1.807) is 6.07 Å². The molecule has 96 valence electrons. The van der Waals surface area contributed by atoms with Crippen molar-refractivity contribution in [2.75, 3.05) is 7.11 Å². The molecule has 5 nitrogen and oxygen atoms in total. The van der Waals surface area contributed by atoms with Crippen LogP contribution < -0.4 is 5.46 Å². The third-order valence-corrected chi connectivity index (χ3v) is 3.12. The van der Waals surface area contributed by atoms with Gasteiger partial charge >= 0.3 is 13.1 Å². The summed E-state index contributed by atoms with van der Waals surface area (Å²) < 4.78 is 9.98. The topological polar surface area (TPSA) is 76.0 Å². The van der Waals surface area contributed by atoms with Crippen LogP contribution in [0.4, 0.5) is 0 Å². The first-order valence-electron chi connectivity index (χ1n) is 5.76. The average molecular weight is 250 g/mol. The van der Waals surface area contributed by atoms with Crippen molar-refractivity contribution in [1.29, 1.82) is 0 Å². The highest BCUT2D eigenvalue weighted by atomic mass is 16.5. The molecule has 1 heterocycles. The molecule has 0 saturated carbocycles. The molecule has 0 amide bonds. The van der Waals surface area contributed by atoms with Gasteiger partial charge in [-0.25, -0.2) is 0 Å². The van der Waals surface area contributed by atoms with E-state index in [1.807, 2.05) is 6.92 Å². The lowest BCUT2D eigenvalue weighted by Crippen LogP contribution is -2.28. The first-order valence-corrected chi connectivity index (χ1v) is 5.76. The Morgan fingerprint density at radius 1 is 1.56 bits per heavy atom. The first kappa shape index (κ1) is 12.9. The zero-order chi connectivity index (χ0) is 13.3. The maximum atomic E-state index is 11.1.